The molecule has 0 amide bonds. The first-order valence-electron chi connectivity index (χ1n) is 4.07. The van der Waals surface area contributed by atoms with Gasteiger partial charge in [0.05, 0.1) is 6.10 Å². The molecule has 1 atom stereocenters. The van der Waals surface area contributed by atoms with Crippen molar-refractivity contribution in [1.82, 2.24) is 0 Å². The molecule has 0 spiro atoms. The van der Waals surface area contributed by atoms with Crippen LogP contribution >= 0.6 is 0 Å². The van der Waals surface area contributed by atoms with Crippen LogP contribution < -0.4 is 0 Å². The molecule has 2 nitrogen and oxygen atoms in total. The van der Waals surface area contributed by atoms with Gasteiger partial charge in [-0.3, -0.25) is 0 Å². The van der Waals surface area contributed by atoms with Gasteiger partial charge in [-0.25, -0.2) is 0 Å². The van der Waals surface area contributed by atoms with Gasteiger partial charge in [-0.05, 0) is 12.8 Å². The van der Waals surface area contributed by atoms with Gasteiger partial charge in [0.2, 0.25) is 0 Å². The van der Waals surface area contributed by atoms with Crippen LogP contribution in [0.15, 0.2) is 12.7 Å². The molecule has 0 bridgehead atoms. The van der Waals surface area contributed by atoms with Crippen LogP contribution in [0.25, 0.3) is 0 Å². The van der Waals surface area contributed by atoms with Crippen LogP contribution in [-0.2, 0) is 4.74 Å². The summed E-state index contributed by atoms with van der Waals surface area (Å²) in [5.41, 5.74) is 0.000000000000000222. The summed E-state index contributed by atoms with van der Waals surface area (Å²) in [6.07, 6.45) is 3.09. The third-order valence-electron chi connectivity index (χ3n) is 2.57. The number of aliphatic hydroxyl groups is 1. The van der Waals surface area contributed by atoms with E-state index in [1.807, 2.05) is 0 Å². The molecule has 1 aliphatic heterocycles. The Labute approximate surface area is 67.9 Å². The van der Waals surface area contributed by atoms with Gasteiger partial charge in [-0.2, -0.15) is 0 Å². The summed E-state index contributed by atoms with van der Waals surface area (Å²) < 4.78 is 5.21. The third kappa shape index (κ3) is 1.82. The van der Waals surface area contributed by atoms with Gasteiger partial charge in [-0.15, -0.1) is 6.58 Å². The maximum absolute atomic E-state index is 9.57. The Balaban J connectivity index is 2.55. The van der Waals surface area contributed by atoms with E-state index in [0.29, 0.717) is 0 Å². The molecule has 0 aromatic carbocycles. The van der Waals surface area contributed by atoms with Gasteiger partial charge < -0.3 is 9.84 Å². The summed E-state index contributed by atoms with van der Waals surface area (Å²) in [6.45, 7) is 7.21. The Kier molecular flexibility index (Phi) is 2.68. The molecular weight excluding hydrogens is 140 g/mol. The molecule has 1 rings (SSSR count). The molecule has 1 fully saturated rings. The molecule has 2 heteroatoms. The minimum absolute atomic E-state index is 0.000000000000000222. The molecule has 11 heavy (non-hydrogen) atoms. The molecular formula is C9H16O2. The zero-order chi connectivity index (χ0) is 8.32. The van der Waals surface area contributed by atoms with Gasteiger partial charge >= 0.3 is 0 Å². The fourth-order valence-corrected chi connectivity index (χ4v) is 1.42. The van der Waals surface area contributed by atoms with E-state index in [9.17, 15) is 5.11 Å². The highest BCUT2D eigenvalue weighted by molar-refractivity contribution is 4.93. The molecule has 1 saturated heterocycles. The van der Waals surface area contributed by atoms with E-state index in [0.717, 1.165) is 26.1 Å². The first-order chi connectivity index (χ1) is 5.19. The maximum Gasteiger partial charge on any atom is 0.0773 e. The highest BCUT2D eigenvalue weighted by Crippen LogP contribution is 2.33. The zero-order valence-corrected chi connectivity index (χ0v) is 7.05. The Morgan fingerprint density at radius 2 is 2.09 bits per heavy atom. The van der Waals surface area contributed by atoms with Crippen molar-refractivity contribution in [2.75, 3.05) is 13.2 Å². The number of ether oxygens (including phenoxy) is 1. The van der Waals surface area contributed by atoms with Gasteiger partial charge in [-0.1, -0.05) is 13.0 Å². The maximum atomic E-state index is 9.57. The van der Waals surface area contributed by atoms with Crippen molar-refractivity contribution >= 4 is 0 Å². The van der Waals surface area contributed by atoms with Crippen LogP contribution in [0.2, 0.25) is 0 Å². The Morgan fingerprint density at radius 3 is 2.55 bits per heavy atom. The Hall–Kier alpha value is -0.340. The van der Waals surface area contributed by atoms with E-state index in [1.54, 1.807) is 6.08 Å². The van der Waals surface area contributed by atoms with Crippen molar-refractivity contribution in [2.45, 2.75) is 25.9 Å². The van der Waals surface area contributed by atoms with Crippen molar-refractivity contribution in [1.29, 1.82) is 0 Å². The lowest BCUT2D eigenvalue weighted by molar-refractivity contribution is -0.0320. The molecule has 64 valence electrons. The minimum Gasteiger partial charge on any atom is -0.388 e. The molecule has 1 unspecified atom stereocenters. The van der Waals surface area contributed by atoms with E-state index in [1.165, 1.54) is 0 Å². The quantitative estimate of drug-likeness (QED) is 0.611. The average molecular weight is 156 g/mol. The van der Waals surface area contributed by atoms with Crippen LogP contribution in [0.3, 0.4) is 0 Å². The first kappa shape index (κ1) is 8.75. The van der Waals surface area contributed by atoms with Crippen LogP contribution in [0.1, 0.15) is 19.8 Å². The van der Waals surface area contributed by atoms with Crippen LogP contribution in [-0.4, -0.2) is 24.4 Å². The minimum atomic E-state index is -0.383. The van der Waals surface area contributed by atoms with Crippen molar-refractivity contribution in [3.63, 3.8) is 0 Å². The van der Waals surface area contributed by atoms with Gasteiger partial charge in [0.15, 0.2) is 0 Å². The fraction of sp³-hybridized carbons (Fsp3) is 0.778. The third-order valence-corrected chi connectivity index (χ3v) is 2.57. The molecule has 0 aliphatic carbocycles. The van der Waals surface area contributed by atoms with Crippen LogP contribution in [0, 0.1) is 5.41 Å². The summed E-state index contributed by atoms with van der Waals surface area (Å²) in [6, 6.07) is 0. The number of hydrogen-bond donors (Lipinski definition) is 1. The second kappa shape index (κ2) is 3.37. The monoisotopic (exact) mass is 156 g/mol. The van der Waals surface area contributed by atoms with Gasteiger partial charge in [0.25, 0.3) is 0 Å². The molecule has 1 aliphatic rings. The lowest BCUT2D eigenvalue weighted by Crippen LogP contribution is -2.36. The zero-order valence-electron chi connectivity index (χ0n) is 7.05. The Bertz CT molecular complexity index is 136. The molecule has 0 aromatic heterocycles. The summed E-state index contributed by atoms with van der Waals surface area (Å²) in [4.78, 5) is 0. The molecule has 0 radical (unpaired) electrons. The predicted octanol–water partition coefficient (Wildman–Crippen LogP) is 1.35. The highest BCUT2D eigenvalue weighted by atomic mass is 16.5. The Morgan fingerprint density at radius 1 is 1.55 bits per heavy atom. The average Bonchev–Trinajstić information content (AvgIpc) is 2.04. The van der Waals surface area contributed by atoms with E-state index in [2.05, 4.69) is 13.5 Å². The van der Waals surface area contributed by atoms with E-state index in [-0.39, 0.29) is 11.5 Å². The molecule has 1 N–H and O–H groups in total. The number of rotatable bonds is 2. The second-order valence-corrected chi connectivity index (χ2v) is 3.45. The number of hydrogen-bond acceptors (Lipinski definition) is 2. The smallest absolute Gasteiger partial charge is 0.0773 e. The van der Waals surface area contributed by atoms with E-state index >= 15 is 0 Å². The number of aliphatic hydroxyl groups excluding tert-OH is 1. The van der Waals surface area contributed by atoms with Crippen molar-refractivity contribution in [3.8, 4) is 0 Å². The molecule has 0 aromatic rings. The lowest BCUT2D eigenvalue weighted by Gasteiger charge is -2.36. The van der Waals surface area contributed by atoms with Crippen molar-refractivity contribution < 1.29 is 9.84 Å². The van der Waals surface area contributed by atoms with E-state index in [4.69, 9.17) is 4.74 Å². The summed E-state index contributed by atoms with van der Waals surface area (Å²) in [5.74, 6) is 0. The molecule has 0 saturated carbocycles. The van der Waals surface area contributed by atoms with Crippen molar-refractivity contribution in [2.24, 2.45) is 5.41 Å². The van der Waals surface area contributed by atoms with Crippen molar-refractivity contribution in [3.05, 3.63) is 12.7 Å². The van der Waals surface area contributed by atoms with Gasteiger partial charge in [0.1, 0.15) is 0 Å². The normalized spacial score (nSPS) is 26.0. The van der Waals surface area contributed by atoms with Crippen LogP contribution in [0.5, 0.6) is 0 Å². The first-order valence-corrected chi connectivity index (χ1v) is 4.07. The summed E-state index contributed by atoms with van der Waals surface area (Å²) in [7, 11) is 0. The summed E-state index contributed by atoms with van der Waals surface area (Å²) >= 11 is 0. The predicted molar refractivity (Wildman–Crippen MR) is 44.4 cm³/mol. The fourth-order valence-electron chi connectivity index (χ4n) is 1.42. The SMILES string of the molecule is C=CC(O)C1(C)CCOCC1. The second-order valence-electron chi connectivity index (χ2n) is 3.45. The van der Waals surface area contributed by atoms with Gasteiger partial charge in [0, 0.05) is 18.6 Å². The topological polar surface area (TPSA) is 29.5 Å². The van der Waals surface area contributed by atoms with E-state index < -0.39 is 0 Å². The lowest BCUT2D eigenvalue weighted by atomic mass is 9.77. The largest absolute Gasteiger partial charge is 0.388 e. The highest BCUT2D eigenvalue weighted by Gasteiger charge is 2.32. The standard InChI is InChI=1S/C9H16O2/c1-3-8(10)9(2)4-6-11-7-5-9/h3,8,10H,1,4-7H2,2H3. The summed E-state index contributed by atoms with van der Waals surface area (Å²) in [5, 5.41) is 9.57. The molecule has 1 heterocycles. The van der Waals surface area contributed by atoms with Crippen LogP contribution in [0.4, 0.5) is 0 Å².